The Morgan fingerprint density at radius 3 is 2.65 bits per heavy atom. The summed E-state index contributed by atoms with van der Waals surface area (Å²) >= 11 is 0. The molecule has 1 aliphatic rings. The number of Topliss-reactive ketones (excluding diaryl/α,β-unsaturated/α-hetero) is 1. The number of benzene rings is 1. The Balaban J connectivity index is 2.24. The van der Waals surface area contributed by atoms with Crippen LogP contribution in [0.25, 0.3) is 0 Å². The molecule has 20 heavy (non-hydrogen) atoms. The maximum atomic E-state index is 12.2. The van der Waals surface area contributed by atoms with Gasteiger partial charge in [0, 0.05) is 24.6 Å². The second-order valence-electron chi connectivity index (χ2n) is 4.62. The number of nitro benzene ring substituents is 1. The normalized spacial score (nSPS) is 17.1. The molecule has 0 aliphatic carbocycles. The van der Waals surface area contributed by atoms with Crippen molar-refractivity contribution in [2.24, 2.45) is 0 Å². The molecular weight excluding hydrogens is 284 g/mol. The number of hydrogen-bond acceptors (Lipinski definition) is 5. The molecule has 0 spiro atoms. The van der Waals surface area contributed by atoms with Crippen LogP contribution in [0.5, 0.6) is 0 Å². The van der Waals surface area contributed by atoms with Gasteiger partial charge < -0.3 is 0 Å². The van der Waals surface area contributed by atoms with Crippen molar-refractivity contribution in [1.29, 1.82) is 0 Å². The lowest BCUT2D eigenvalue weighted by atomic mass is 10.1. The Morgan fingerprint density at radius 1 is 1.30 bits per heavy atom. The van der Waals surface area contributed by atoms with Crippen molar-refractivity contribution >= 4 is 21.5 Å². The van der Waals surface area contributed by atoms with Gasteiger partial charge in [0.05, 0.1) is 17.2 Å². The Bertz CT molecular complexity index is 641. The van der Waals surface area contributed by atoms with Crippen LogP contribution in [0.1, 0.15) is 18.4 Å². The number of ketones is 1. The van der Waals surface area contributed by atoms with Crippen molar-refractivity contribution in [3.63, 3.8) is 0 Å². The minimum atomic E-state index is -3.72. The number of rotatable bonds is 4. The van der Waals surface area contributed by atoms with E-state index < -0.39 is 20.7 Å². The van der Waals surface area contributed by atoms with Crippen molar-refractivity contribution in [1.82, 2.24) is 4.31 Å². The van der Waals surface area contributed by atoms with E-state index in [0.29, 0.717) is 12.8 Å². The molecule has 1 saturated heterocycles. The van der Waals surface area contributed by atoms with Gasteiger partial charge in [-0.05, 0) is 6.42 Å². The quantitative estimate of drug-likeness (QED) is 0.612. The highest BCUT2D eigenvalue weighted by Crippen LogP contribution is 2.22. The first-order chi connectivity index (χ1) is 9.40. The molecule has 1 heterocycles. The average molecular weight is 298 g/mol. The highest BCUT2D eigenvalue weighted by molar-refractivity contribution is 7.88. The number of sulfonamides is 1. The van der Waals surface area contributed by atoms with Crippen LogP contribution in [0.3, 0.4) is 0 Å². The number of piperidine rings is 1. The summed E-state index contributed by atoms with van der Waals surface area (Å²) in [4.78, 5) is 21.6. The minimum absolute atomic E-state index is 0.123. The highest BCUT2D eigenvalue weighted by Gasteiger charge is 2.29. The number of para-hydroxylation sites is 1. The summed E-state index contributed by atoms with van der Waals surface area (Å²) in [5.74, 6) is -0.584. The van der Waals surface area contributed by atoms with Crippen LogP contribution in [0.4, 0.5) is 5.69 Å². The zero-order chi connectivity index (χ0) is 14.8. The number of carbonyl (C=O) groups excluding carboxylic acids is 1. The van der Waals surface area contributed by atoms with Crippen molar-refractivity contribution in [2.75, 3.05) is 13.1 Å². The zero-order valence-corrected chi connectivity index (χ0v) is 11.5. The van der Waals surface area contributed by atoms with Gasteiger partial charge in [0.25, 0.3) is 5.69 Å². The topological polar surface area (TPSA) is 97.6 Å². The molecule has 0 atom stereocenters. The molecule has 0 N–H and O–H groups in total. The molecule has 0 amide bonds. The van der Waals surface area contributed by atoms with Gasteiger partial charge in [-0.2, -0.15) is 4.31 Å². The van der Waals surface area contributed by atoms with Crippen LogP contribution in [0, 0.1) is 10.1 Å². The van der Waals surface area contributed by atoms with E-state index in [1.165, 1.54) is 18.2 Å². The van der Waals surface area contributed by atoms with Crippen LogP contribution < -0.4 is 0 Å². The molecule has 1 aliphatic heterocycles. The standard InChI is InChI=1S/C12H14N2O5S/c15-11-5-3-7-13(8-11)20(18,19)9-10-4-1-2-6-12(10)14(16)17/h1-2,4,6H,3,5,7-9H2. The highest BCUT2D eigenvalue weighted by atomic mass is 32.2. The van der Waals surface area contributed by atoms with E-state index in [1.54, 1.807) is 6.07 Å². The minimum Gasteiger partial charge on any atom is -0.298 e. The molecule has 0 unspecified atom stereocenters. The maximum Gasteiger partial charge on any atom is 0.273 e. The lowest BCUT2D eigenvalue weighted by Crippen LogP contribution is -2.40. The van der Waals surface area contributed by atoms with Crippen molar-refractivity contribution in [2.45, 2.75) is 18.6 Å². The van der Waals surface area contributed by atoms with E-state index >= 15 is 0 Å². The van der Waals surface area contributed by atoms with E-state index in [4.69, 9.17) is 0 Å². The van der Waals surface area contributed by atoms with Crippen molar-refractivity contribution < 1.29 is 18.1 Å². The first-order valence-corrected chi connectivity index (χ1v) is 7.73. The zero-order valence-electron chi connectivity index (χ0n) is 10.7. The molecule has 0 saturated carbocycles. The average Bonchev–Trinajstić information content (AvgIpc) is 2.38. The van der Waals surface area contributed by atoms with E-state index in [2.05, 4.69) is 0 Å². The smallest absolute Gasteiger partial charge is 0.273 e. The summed E-state index contributed by atoms with van der Waals surface area (Å²) in [6, 6.07) is 5.73. The Hall–Kier alpha value is -1.80. The van der Waals surface area contributed by atoms with E-state index in [9.17, 15) is 23.3 Å². The van der Waals surface area contributed by atoms with Gasteiger partial charge in [-0.15, -0.1) is 0 Å². The van der Waals surface area contributed by atoms with Crippen LogP contribution in [-0.4, -0.2) is 36.5 Å². The van der Waals surface area contributed by atoms with Gasteiger partial charge >= 0.3 is 0 Å². The Morgan fingerprint density at radius 2 is 2.00 bits per heavy atom. The predicted molar refractivity (Wildman–Crippen MR) is 71.5 cm³/mol. The molecule has 7 nitrogen and oxygen atoms in total. The lowest BCUT2D eigenvalue weighted by Gasteiger charge is -2.24. The van der Waals surface area contributed by atoms with Gasteiger partial charge in [0.15, 0.2) is 0 Å². The first-order valence-electron chi connectivity index (χ1n) is 6.12. The number of hydrogen-bond donors (Lipinski definition) is 0. The number of nitro groups is 1. The fraction of sp³-hybridized carbons (Fsp3) is 0.417. The molecule has 0 bridgehead atoms. The van der Waals surface area contributed by atoms with Crippen molar-refractivity contribution in [3.8, 4) is 0 Å². The molecule has 2 rings (SSSR count). The number of nitrogens with zero attached hydrogens (tertiary/aromatic N) is 2. The van der Waals surface area contributed by atoms with Crippen LogP contribution in [0.2, 0.25) is 0 Å². The third-order valence-electron chi connectivity index (χ3n) is 3.14. The van der Waals surface area contributed by atoms with Gasteiger partial charge in [-0.3, -0.25) is 14.9 Å². The first kappa shape index (κ1) is 14.6. The van der Waals surface area contributed by atoms with Crippen LogP contribution >= 0.6 is 0 Å². The van der Waals surface area contributed by atoms with E-state index in [-0.39, 0.29) is 30.1 Å². The third kappa shape index (κ3) is 3.20. The molecule has 1 aromatic carbocycles. The monoisotopic (exact) mass is 298 g/mol. The van der Waals surface area contributed by atoms with Gasteiger partial charge in [-0.1, -0.05) is 18.2 Å². The predicted octanol–water partition coefficient (Wildman–Crippen LogP) is 1.09. The molecule has 108 valence electrons. The SMILES string of the molecule is O=C1CCCN(S(=O)(=O)Cc2ccccc2[N+](=O)[O-])C1. The van der Waals surface area contributed by atoms with Gasteiger partial charge in [0.1, 0.15) is 5.78 Å². The number of carbonyl (C=O) groups is 1. The molecule has 0 radical (unpaired) electrons. The summed E-state index contributed by atoms with van der Waals surface area (Å²) in [6.07, 6.45) is 0.881. The lowest BCUT2D eigenvalue weighted by molar-refractivity contribution is -0.385. The second kappa shape index (κ2) is 5.68. The van der Waals surface area contributed by atoms with Gasteiger partial charge in [0.2, 0.25) is 10.0 Å². The van der Waals surface area contributed by atoms with Gasteiger partial charge in [-0.25, -0.2) is 8.42 Å². The molecule has 1 fully saturated rings. The molecule has 8 heteroatoms. The van der Waals surface area contributed by atoms with Crippen LogP contribution in [-0.2, 0) is 20.6 Å². The van der Waals surface area contributed by atoms with E-state index in [1.807, 2.05) is 0 Å². The molecule has 1 aromatic rings. The fourth-order valence-electron chi connectivity index (χ4n) is 2.14. The molecular formula is C12H14N2O5S. The summed E-state index contributed by atoms with van der Waals surface area (Å²) in [5.41, 5.74) is -0.0880. The molecule has 0 aromatic heterocycles. The second-order valence-corrected chi connectivity index (χ2v) is 6.59. The van der Waals surface area contributed by atoms with E-state index in [0.717, 1.165) is 4.31 Å². The Labute approximate surface area is 116 Å². The van der Waals surface area contributed by atoms with Crippen LogP contribution in [0.15, 0.2) is 24.3 Å². The Kier molecular flexibility index (Phi) is 4.15. The van der Waals surface area contributed by atoms with Crippen molar-refractivity contribution in [3.05, 3.63) is 39.9 Å². The fourth-order valence-corrected chi connectivity index (χ4v) is 3.71. The largest absolute Gasteiger partial charge is 0.298 e. The summed E-state index contributed by atoms with van der Waals surface area (Å²) in [7, 11) is -3.72. The summed E-state index contributed by atoms with van der Waals surface area (Å²) in [6.45, 7) is 0.150. The summed E-state index contributed by atoms with van der Waals surface area (Å²) < 4.78 is 25.6. The summed E-state index contributed by atoms with van der Waals surface area (Å²) in [5, 5.41) is 10.9. The maximum absolute atomic E-state index is 12.2. The third-order valence-corrected chi connectivity index (χ3v) is 4.91.